The number of carbonyl (C=O) groups excluding carboxylic acids is 1. The van der Waals surface area contributed by atoms with E-state index in [9.17, 15) is 4.79 Å². The van der Waals surface area contributed by atoms with E-state index in [4.69, 9.17) is 9.15 Å². The Balaban J connectivity index is 1.75. The fourth-order valence-corrected chi connectivity index (χ4v) is 2.96. The highest BCUT2D eigenvalue weighted by molar-refractivity contribution is 5.80. The van der Waals surface area contributed by atoms with Crippen molar-refractivity contribution in [1.82, 2.24) is 4.90 Å². The molecule has 4 heteroatoms. The lowest BCUT2D eigenvalue weighted by Crippen LogP contribution is -2.31. The summed E-state index contributed by atoms with van der Waals surface area (Å²) in [5.74, 6) is 1.76. The van der Waals surface area contributed by atoms with E-state index in [0.717, 1.165) is 36.5 Å². The summed E-state index contributed by atoms with van der Waals surface area (Å²) < 4.78 is 10.8. The summed E-state index contributed by atoms with van der Waals surface area (Å²) in [6.45, 7) is 0.791. The van der Waals surface area contributed by atoms with Gasteiger partial charge in [-0.3, -0.25) is 4.79 Å². The number of para-hydroxylation sites is 1. The van der Waals surface area contributed by atoms with Gasteiger partial charge in [-0.05, 0) is 31.0 Å². The van der Waals surface area contributed by atoms with Crippen LogP contribution in [0.3, 0.4) is 0 Å². The van der Waals surface area contributed by atoms with Gasteiger partial charge in [0, 0.05) is 12.1 Å². The highest BCUT2D eigenvalue weighted by Gasteiger charge is 2.31. The molecule has 0 spiro atoms. The molecule has 0 bridgehead atoms. The van der Waals surface area contributed by atoms with Crippen LogP contribution >= 0.6 is 0 Å². The molecule has 110 valence electrons. The van der Waals surface area contributed by atoms with Gasteiger partial charge >= 0.3 is 0 Å². The third kappa shape index (κ3) is 2.79. The number of benzene rings is 1. The highest BCUT2D eigenvalue weighted by atomic mass is 16.5. The van der Waals surface area contributed by atoms with E-state index in [1.807, 2.05) is 41.3 Å². The number of likely N-dealkylation sites (tertiary alicyclic amines) is 1. The Labute approximate surface area is 124 Å². The Kier molecular flexibility index (Phi) is 3.95. The second-order valence-corrected chi connectivity index (χ2v) is 5.25. The molecule has 1 aliphatic heterocycles. The third-order valence-corrected chi connectivity index (χ3v) is 3.98. The number of hydrogen-bond acceptors (Lipinski definition) is 3. The van der Waals surface area contributed by atoms with Gasteiger partial charge in [0.25, 0.3) is 0 Å². The fourth-order valence-electron chi connectivity index (χ4n) is 2.96. The topological polar surface area (TPSA) is 42.7 Å². The van der Waals surface area contributed by atoms with Gasteiger partial charge in [0.2, 0.25) is 5.91 Å². The second kappa shape index (κ2) is 6.04. The molecule has 4 nitrogen and oxygen atoms in total. The van der Waals surface area contributed by atoms with Crippen LogP contribution in [-0.4, -0.2) is 24.5 Å². The van der Waals surface area contributed by atoms with Crippen molar-refractivity contribution < 1.29 is 13.9 Å². The fraction of sp³-hybridized carbons (Fsp3) is 0.353. The summed E-state index contributed by atoms with van der Waals surface area (Å²) in [6.07, 6.45) is 4.01. The number of rotatable bonds is 4. The molecule has 3 rings (SSSR count). The van der Waals surface area contributed by atoms with Crippen LogP contribution in [0.15, 0.2) is 47.1 Å². The first kappa shape index (κ1) is 13.7. The van der Waals surface area contributed by atoms with Crippen molar-refractivity contribution in [3.63, 3.8) is 0 Å². The zero-order valence-electron chi connectivity index (χ0n) is 12.1. The van der Waals surface area contributed by atoms with Gasteiger partial charge in [-0.25, -0.2) is 0 Å². The summed E-state index contributed by atoms with van der Waals surface area (Å²) in [5.41, 5.74) is 0.926. The van der Waals surface area contributed by atoms with Crippen LogP contribution < -0.4 is 4.74 Å². The van der Waals surface area contributed by atoms with Crippen molar-refractivity contribution in [3.05, 3.63) is 54.0 Å². The number of carbonyl (C=O) groups is 1. The van der Waals surface area contributed by atoms with Crippen LogP contribution in [0.4, 0.5) is 0 Å². The SMILES string of the molecule is COc1ccccc1CC(=O)N1CCC[C@@H]1c1ccco1. The van der Waals surface area contributed by atoms with E-state index in [-0.39, 0.29) is 11.9 Å². The van der Waals surface area contributed by atoms with Crippen molar-refractivity contribution in [1.29, 1.82) is 0 Å². The number of amides is 1. The van der Waals surface area contributed by atoms with Gasteiger partial charge in [0.1, 0.15) is 11.5 Å². The molecular formula is C17H19NO3. The predicted octanol–water partition coefficient (Wildman–Crippen LogP) is 3.19. The maximum absolute atomic E-state index is 12.6. The van der Waals surface area contributed by atoms with Crippen molar-refractivity contribution in [2.24, 2.45) is 0 Å². The number of ether oxygens (including phenoxy) is 1. The third-order valence-electron chi connectivity index (χ3n) is 3.98. The van der Waals surface area contributed by atoms with E-state index in [0.29, 0.717) is 6.42 Å². The van der Waals surface area contributed by atoms with Gasteiger partial charge in [0.05, 0.1) is 25.8 Å². The lowest BCUT2D eigenvalue weighted by Gasteiger charge is -2.23. The minimum atomic E-state index is 0.0715. The van der Waals surface area contributed by atoms with Crippen LogP contribution in [-0.2, 0) is 11.2 Å². The van der Waals surface area contributed by atoms with Gasteiger partial charge < -0.3 is 14.1 Å². The molecular weight excluding hydrogens is 266 g/mol. The molecule has 1 amide bonds. The summed E-state index contributed by atoms with van der Waals surface area (Å²) >= 11 is 0. The molecule has 0 aliphatic carbocycles. The minimum Gasteiger partial charge on any atom is -0.496 e. The van der Waals surface area contributed by atoms with Crippen LogP contribution in [0.5, 0.6) is 5.75 Å². The number of methoxy groups -OCH3 is 1. The van der Waals surface area contributed by atoms with Gasteiger partial charge in [-0.1, -0.05) is 18.2 Å². The molecule has 2 heterocycles. The first-order chi connectivity index (χ1) is 10.3. The van der Waals surface area contributed by atoms with Crippen LogP contribution in [0.2, 0.25) is 0 Å². The van der Waals surface area contributed by atoms with Gasteiger partial charge in [0.15, 0.2) is 0 Å². The molecule has 0 N–H and O–H groups in total. The van der Waals surface area contributed by atoms with Gasteiger partial charge in [-0.15, -0.1) is 0 Å². The highest BCUT2D eigenvalue weighted by Crippen LogP contribution is 2.33. The second-order valence-electron chi connectivity index (χ2n) is 5.25. The van der Waals surface area contributed by atoms with Crippen LogP contribution in [0.25, 0.3) is 0 Å². The molecule has 21 heavy (non-hydrogen) atoms. The first-order valence-corrected chi connectivity index (χ1v) is 7.24. The summed E-state index contributed by atoms with van der Waals surface area (Å²) in [6, 6.07) is 11.6. The number of nitrogens with zero attached hydrogens (tertiary/aromatic N) is 1. The van der Waals surface area contributed by atoms with Crippen molar-refractivity contribution in [3.8, 4) is 5.75 Å². The Bertz CT molecular complexity index is 606. The molecule has 1 aromatic heterocycles. The summed E-state index contributed by atoms with van der Waals surface area (Å²) in [7, 11) is 1.63. The largest absolute Gasteiger partial charge is 0.496 e. The van der Waals surface area contributed by atoms with E-state index < -0.39 is 0 Å². The maximum atomic E-state index is 12.6. The standard InChI is InChI=1S/C17H19NO3/c1-20-15-8-3-2-6-13(15)12-17(19)18-10-4-7-14(18)16-9-5-11-21-16/h2-3,5-6,8-9,11,14H,4,7,10,12H2,1H3/t14-/m1/s1. The predicted molar refractivity (Wildman–Crippen MR) is 79.1 cm³/mol. The van der Waals surface area contributed by atoms with Crippen LogP contribution in [0.1, 0.15) is 30.2 Å². The monoisotopic (exact) mass is 285 g/mol. The van der Waals surface area contributed by atoms with E-state index in [2.05, 4.69) is 0 Å². The normalized spacial score (nSPS) is 18.0. The van der Waals surface area contributed by atoms with Gasteiger partial charge in [-0.2, -0.15) is 0 Å². The Morgan fingerprint density at radius 2 is 2.19 bits per heavy atom. The molecule has 2 aromatic rings. The van der Waals surface area contributed by atoms with Crippen molar-refractivity contribution in [2.45, 2.75) is 25.3 Å². The summed E-state index contributed by atoms with van der Waals surface area (Å²) in [4.78, 5) is 14.5. The average Bonchev–Trinajstić information content (AvgIpc) is 3.18. The zero-order chi connectivity index (χ0) is 14.7. The van der Waals surface area contributed by atoms with Crippen LogP contribution in [0, 0.1) is 0 Å². The maximum Gasteiger partial charge on any atom is 0.227 e. The molecule has 1 aliphatic rings. The Morgan fingerprint density at radius 3 is 2.95 bits per heavy atom. The van der Waals surface area contributed by atoms with Crippen molar-refractivity contribution >= 4 is 5.91 Å². The smallest absolute Gasteiger partial charge is 0.227 e. The molecule has 1 atom stereocenters. The Hall–Kier alpha value is -2.23. The quantitative estimate of drug-likeness (QED) is 0.866. The minimum absolute atomic E-state index is 0.0715. The van der Waals surface area contributed by atoms with Crippen molar-refractivity contribution in [2.75, 3.05) is 13.7 Å². The lowest BCUT2D eigenvalue weighted by atomic mass is 10.1. The molecule has 1 saturated heterocycles. The molecule has 0 unspecified atom stereocenters. The first-order valence-electron chi connectivity index (χ1n) is 7.24. The molecule has 1 fully saturated rings. The van der Waals surface area contributed by atoms with E-state index in [1.54, 1.807) is 13.4 Å². The summed E-state index contributed by atoms with van der Waals surface area (Å²) in [5, 5.41) is 0. The zero-order valence-corrected chi connectivity index (χ0v) is 12.1. The van der Waals surface area contributed by atoms with E-state index >= 15 is 0 Å². The van der Waals surface area contributed by atoms with E-state index in [1.165, 1.54) is 0 Å². The average molecular weight is 285 g/mol. The Morgan fingerprint density at radius 1 is 1.33 bits per heavy atom. The molecule has 0 radical (unpaired) electrons. The lowest BCUT2D eigenvalue weighted by molar-refractivity contribution is -0.131. The number of furan rings is 1. The molecule has 1 aromatic carbocycles. The number of hydrogen-bond donors (Lipinski definition) is 0. The molecule has 0 saturated carbocycles.